The molecular weight excluding hydrogens is 447 g/mol. The van der Waals surface area contributed by atoms with E-state index in [0.717, 1.165) is 61.1 Å². The summed E-state index contributed by atoms with van der Waals surface area (Å²) in [5, 5.41) is 11.6. The van der Waals surface area contributed by atoms with E-state index in [1.807, 2.05) is 48.5 Å². The minimum atomic E-state index is -0.0932. The monoisotopic (exact) mass is 462 g/mol. The molecule has 4 heterocycles. The highest BCUT2D eigenvalue weighted by Crippen LogP contribution is 2.40. The molecule has 0 aliphatic carbocycles. The van der Waals surface area contributed by atoms with Crippen molar-refractivity contribution in [1.29, 1.82) is 5.26 Å². The highest BCUT2D eigenvalue weighted by atomic mass is 16.5. The standard InChI is InChI=1S/C30H15BN2O3/c32-16-17-12-27-29-28(13-17)35-26-14-20-18-6-5-7-19(23-9-3-4-11-33-23)30(18)36-25(20)15-22(26)31(29)21-8-1-2-10-24(21)34-27/h1-15H. The number of para-hydroxylation sites is 2. The van der Waals surface area contributed by atoms with Crippen LogP contribution in [0.25, 0.3) is 33.2 Å². The number of furan rings is 1. The fourth-order valence-corrected chi connectivity index (χ4v) is 5.52. The normalized spacial score (nSPS) is 12.8. The number of pyridine rings is 1. The van der Waals surface area contributed by atoms with Gasteiger partial charge in [-0.2, -0.15) is 5.26 Å². The maximum atomic E-state index is 9.61. The Labute approximate surface area is 206 Å². The first-order valence-corrected chi connectivity index (χ1v) is 11.7. The second-order valence-electron chi connectivity index (χ2n) is 9.06. The number of ether oxygens (including phenoxy) is 2. The van der Waals surface area contributed by atoms with Crippen molar-refractivity contribution in [3.05, 3.63) is 96.7 Å². The Kier molecular flexibility index (Phi) is 3.75. The topological polar surface area (TPSA) is 68.3 Å². The first-order chi connectivity index (χ1) is 17.8. The van der Waals surface area contributed by atoms with Gasteiger partial charge in [0.1, 0.15) is 34.2 Å². The Balaban J connectivity index is 1.42. The Morgan fingerprint density at radius 3 is 2.39 bits per heavy atom. The van der Waals surface area contributed by atoms with Gasteiger partial charge in [0, 0.05) is 28.0 Å². The zero-order chi connectivity index (χ0) is 23.8. The van der Waals surface area contributed by atoms with Crippen LogP contribution in [0, 0.1) is 11.3 Å². The molecular formula is C30H15BN2O3. The Morgan fingerprint density at radius 1 is 0.722 bits per heavy atom. The van der Waals surface area contributed by atoms with E-state index in [4.69, 9.17) is 13.9 Å². The lowest BCUT2D eigenvalue weighted by Gasteiger charge is -2.32. The van der Waals surface area contributed by atoms with Crippen LogP contribution in [-0.2, 0) is 0 Å². The summed E-state index contributed by atoms with van der Waals surface area (Å²) in [4.78, 5) is 4.53. The molecule has 0 unspecified atom stereocenters. The van der Waals surface area contributed by atoms with Crippen LogP contribution in [0.4, 0.5) is 0 Å². The molecule has 166 valence electrons. The third-order valence-electron chi connectivity index (χ3n) is 7.07. The average molecular weight is 462 g/mol. The lowest BCUT2D eigenvalue weighted by atomic mass is 9.35. The molecule has 2 aliphatic heterocycles. The summed E-state index contributed by atoms with van der Waals surface area (Å²) in [6.45, 7) is -0.0932. The van der Waals surface area contributed by atoms with E-state index in [-0.39, 0.29) is 6.71 Å². The van der Waals surface area contributed by atoms with Crippen molar-refractivity contribution in [2.75, 3.05) is 0 Å². The predicted molar refractivity (Wildman–Crippen MR) is 139 cm³/mol. The van der Waals surface area contributed by atoms with Crippen LogP contribution < -0.4 is 25.9 Å². The van der Waals surface area contributed by atoms with Gasteiger partial charge in [0.05, 0.1) is 17.3 Å². The lowest BCUT2D eigenvalue weighted by Crippen LogP contribution is -2.57. The van der Waals surface area contributed by atoms with Crippen LogP contribution in [-0.4, -0.2) is 11.7 Å². The van der Waals surface area contributed by atoms with Gasteiger partial charge in [-0.25, -0.2) is 0 Å². The van der Waals surface area contributed by atoms with Crippen LogP contribution in [0.1, 0.15) is 5.56 Å². The van der Waals surface area contributed by atoms with Gasteiger partial charge in [-0.05, 0) is 59.5 Å². The Morgan fingerprint density at radius 2 is 1.56 bits per heavy atom. The smallest absolute Gasteiger partial charge is 0.260 e. The molecule has 4 aromatic carbocycles. The number of hydrogen-bond donors (Lipinski definition) is 0. The maximum absolute atomic E-state index is 9.61. The summed E-state index contributed by atoms with van der Waals surface area (Å²) in [6.07, 6.45) is 1.79. The Bertz CT molecular complexity index is 1920. The number of fused-ring (bicyclic) bond motifs is 7. The van der Waals surface area contributed by atoms with Crippen molar-refractivity contribution in [2.45, 2.75) is 0 Å². The summed E-state index contributed by atoms with van der Waals surface area (Å²) in [7, 11) is 0. The molecule has 8 rings (SSSR count). The molecule has 36 heavy (non-hydrogen) atoms. The van der Waals surface area contributed by atoms with Gasteiger partial charge in [0.25, 0.3) is 6.71 Å². The van der Waals surface area contributed by atoms with Crippen LogP contribution in [0.5, 0.6) is 23.0 Å². The lowest BCUT2D eigenvalue weighted by molar-refractivity contribution is 0.464. The van der Waals surface area contributed by atoms with Gasteiger partial charge in [0.15, 0.2) is 0 Å². The number of benzene rings is 4. The van der Waals surface area contributed by atoms with E-state index in [1.165, 1.54) is 0 Å². The molecule has 5 nitrogen and oxygen atoms in total. The Hall–Kier alpha value is -5.02. The molecule has 0 atom stereocenters. The highest BCUT2D eigenvalue weighted by molar-refractivity contribution is 6.98. The predicted octanol–water partition coefficient (Wildman–Crippen LogP) is 5.25. The molecule has 0 amide bonds. The summed E-state index contributed by atoms with van der Waals surface area (Å²) in [5.74, 6) is 2.84. The zero-order valence-corrected chi connectivity index (χ0v) is 18.9. The molecule has 0 radical (unpaired) electrons. The molecule has 2 aromatic heterocycles. The first-order valence-electron chi connectivity index (χ1n) is 11.7. The van der Waals surface area contributed by atoms with Gasteiger partial charge in [-0.15, -0.1) is 0 Å². The summed E-state index contributed by atoms with van der Waals surface area (Å²) >= 11 is 0. The second-order valence-corrected chi connectivity index (χ2v) is 9.06. The molecule has 6 aromatic rings. The second kappa shape index (κ2) is 7.00. The van der Waals surface area contributed by atoms with Gasteiger partial charge in [-0.3, -0.25) is 4.98 Å². The molecule has 0 saturated carbocycles. The minimum absolute atomic E-state index is 0.0932. The van der Waals surface area contributed by atoms with Crippen molar-refractivity contribution >= 4 is 45.0 Å². The molecule has 0 spiro atoms. The third-order valence-corrected chi connectivity index (χ3v) is 7.07. The van der Waals surface area contributed by atoms with Crippen LogP contribution in [0.15, 0.2) is 95.5 Å². The van der Waals surface area contributed by atoms with Gasteiger partial charge < -0.3 is 13.9 Å². The van der Waals surface area contributed by atoms with Crippen molar-refractivity contribution in [3.63, 3.8) is 0 Å². The number of nitrogens with zero attached hydrogens (tertiary/aromatic N) is 2. The van der Waals surface area contributed by atoms with Gasteiger partial charge in [0.2, 0.25) is 0 Å². The fraction of sp³-hybridized carbons (Fsp3) is 0. The van der Waals surface area contributed by atoms with Crippen LogP contribution in [0.2, 0.25) is 0 Å². The van der Waals surface area contributed by atoms with Crippen LogP contribution >= 0.6 is 0 Å². The largest absolute Gasteiger partial charge is 0.458 e. The SMILES string of the molecule is N#Cc1cc2c3c(c1)Oc1cc4c(cc1B3c1ccccc1O2)oc1c(-c2ccccn2)cccc14. The van der Waals surface area contributed by atoms with E-state index in [9.17, 15) is 5.26 Å². The number of hydrogen-bond acceptors (Lipinski definition) is 5. The highest BCUT2D eigenvalue weighted by Gasteiger charge is 2.40. The minimum Gasteiger partial charge on any atom is -0.458 e. The summed E-state index contributed by atoms with van der Waals surface area (Å²) in [6, 6.07) is 30.0. The maximum Gasteiger partial charge on any atom is 0.260 e. The number of rotatable bonds is 1. The summed E-state index contributed by atoms with van der Waals surface area (Å²) < 4.78 is 19.1. The van der Waals surface area contributed by atoms with Crippen molar-refractivity contribution in [3.8, 4) is 40.3 Å². The molecule has 0 N–H and O–H groups in total. The van der Waals surface area contributed by atoms with E-state index in [2.05, 4.69) is 35.3 Å². The molecule has 0 fully saturated rings. The van der Waals surface area contributed by atoms with Crippen molar-refractivity contribution in [2.24, 2.45) is 0 Å². The van der Waals surface area contributed by atoms with E-state index in [1.54, 1.807) is 18.3 Å². The first kappa shape index (κ1) is 19.3. The molecule has 2 aliphatic rings. The third kappa shape index (κ3) is 2.57. The fourth-order valence-electron chi connectivity index (χ4n) is 5.52. The zero-order valence-electron chi connectivity index (χ0n) is 18.9. The van der Waals surface area contributed by atoms with Gasteiger partial charge >= 0.3 is 0 Å². The number of nitriles is 1. The van der Waals surface area contributed by atoms with E-state index >= 15 is 0 Å². The number of aromatic nitrogens is 1. The average Bonchev–Trinajstić information content (AvgIpc) is 3.29. The van der Waals surface area contributed by atoms with Crippen molar-refractivity contribution < 1.29 is 13.9 Å². The van der Waals surface area contributed by atoms with E-state index in [0.29, 0.717) is 17.1 Å². The molecule has 0 saturated heterocycles. The quantitative estimate of drug-likeness (QED) is 0.312. The summed E-state index contributed by atoms with van der Waals surface area (Å²) in [5.41, 5.74) is 6.90. The molecule has 6 heteroatoms. The van der Waals surface area contributed by atoms with Crippen molar-refractivity contribution in [1.82, 2.24) is 4.98 Å². The van der Waals surface area contributed by atoms with Gasteiger partial charge in [-0.1, -0.05) is 36.4 Å². The van der Waals surface area contributed by atoms with E-state index < -0.39 is 0 Å². The molecule has 0 bridgehead atoms. The van der Waals surface area contributed by atoms with Crippen LogP contribution in [0.3, 0.4) is 0 Å².